The summed E-state index contributed by atoms with van der Waals surface area (Å²) in [6.45, 7) is 2.20. The average Bonchev–Trinajstić information content (AvgIpc) is 2.84. The van der Waals surface area contributed by atoms with Gasteiger partial charge in [-0.25, -0.2) is 8.42 Å². The number of aryl methyl sites for hydroxylation is 1. The largest absolute Gasteiger partial charge is 0.354 e. The zero-order chi connectivity index (χ0) is 23.7. The van der Waals surface area contributed by atoms with E-state index in [9.17, 15) is 13.2 Å². The summed E-state index contributed by atoms with van der Waals surface area (Å²) in [5.41, 5.74) is 2.72. The molecule has 0 aliphatic carbocycles. The molecule has 0 aliphatic rings. The minimum Gasteiger partial charge on any atom is -0.354 e. The van der Waals surface area contributed by atoms with Crippen molar-refractivity contribution in [3.05, 3.63) is 95.0 Å². The second-order valence-corrected chi connectivity index (χ2v) is 10.8. The predicted molar refractivity (Wildman–Crippen MR) is 137 cm³/mol. The highest BCUT2D eigenvalue weighted by Gasteiger charge is 2.26. The number of amides is 1. The molecule has 1 amide bonds. The summed E-state index contributed by atoms with van der Waals surface area (Å²) < 4.78 is 27.8. The lowest BCUT2D eigenvalue weighted by Gasteiger charge is -2.24. The number of halogens is 1. The van der Waals surface area contributed by atoms with Crippen molar-refractivity contribution in [1.29, 1.82) is 0 Å². The number of rotatable bonds is 11. The molecule has 3 aromatic carbocycles. The fourth-order valence-corrected chi connectivity index (χ4v) is 5.54. The van der Waals surface area contributed by atoms with Crippen LogP contribution >= 0.6 is 23.4 Å². The number of carbonyl (C=O) groups is 1. The van der Waals surface area contributed by atoms with Gasteiger partial charge in [0.25, 0.3) is 10.0 Å². The molecule has 0 saturated carbocycles. The number of anilines is 1. The summed E-state index contributed by atoms with van der Waals surface area (Å²) in [7, 11) is -3.89. The number of benzene rings is 3. The highest BCUT2D eigenvalue weighted by molar-refractivity contribution is 7.98. The second kappa shape index (κ2) is 12.1. The van der Waals surface area contributed by atoms with Crippen LogP contribution in [-0.2, 0) is 27.0 Å². The van der Waals surface area contributed by atoms with Gasteiger partial charge in [0.15, 0.2) is 0 Å². The molecule has 0 aromatic heterocycles. The Kier molecular flexibility index (Phi) is 9.23. The minimum absolute atomic E-state index is 0.149. The van der Waals surface area contributed by atoms with Crippen LogP contribution in [0.15, 0.2) is 83.8 Å². The summed E-state index contributed by atoms with van der Waals surface area (Å²) in [6.07, 6.45) is 0.847. The molecule has 0 spiro atoms. The monoisotopic (exact) mass is 502 g/mol. The normalized spacial score (nSPS) is 11.2. The molecule has 3 rings (SSSR count). The minimum atomic E-state index is -3.89. The lowest BCUT2D eigenvalue weighted by molar-refractivity contribution is -0.119. The lowest BCUT2D eigenvalue weighted by atomic mass is 10.1. The number of carbonyl (C=O) groups excluding carboxylic acids is 1. The molecule has 0 saturated heterocycles. The second-order valence-electron chi connectivity index (χ2n) is 7.37. The molecule has 1 N–H and O–H groups in total. The van der Waals surface area contributed by atoms with Crippen molar-refractivity contribution in [2.24, 2.45) is 0 Å². The van der Waals surface area contributed by atoms with Crippen LogP contribution in [0.5, 0.6) is 0 Å². The SMILES string of the molecule is CCc1ccc(N(CC(=O)NCCSCc2ccc(Cl)cc2)S(=O)(=O)c2ccccc2)cc1. The van der Waals surface area contributed by atoms with Crippen molar-refractivity contribution in [3.63, 3.8) is 0 Å². The van der Waals surface area contributed by atoms with Crippen LogP contribution in [0.4, 0.5) is 5.69 Å². The summed E-state index contributed by atoms with van der Waals surface area (Å²) in [4.78, 5) is 12.8. The van der Waals surface area contributed by atoms with Gasteiger partial charge < -0.3 is 5.32 Å². The van der Waals surface area contributed by atoms with Crippen molar-refractivity contribution in [2.45, 2.75) is 24.0 Å². The molecule has 8 heteroatoms. The summed E-state index contributed by atoms with van der Waals surface area (Å²) >= 11 is 7.59. The summed E-state index contributed by atoms with van der Waals surface area (Å²) in [5, 5.41) is 3.54. The van der Waals surface area contributed by atoms with E-state index >= 15 is 0 Å². The standard InChI is InChI=1S/C25H27ClN2O3S2/c1-2-20-10-14-23(15-11-20)28(33(30,31)24-6-4-3-5-7-24)18-25(29)27-16-17-32-19-21-8-12-22(26)13-9-21/h3-15H,2,16-19H2,1H3,(H,27,29). The van der Waals surface area contributed by atoms with Gasteiger partial charge in [0.1, 0.15) is 6.54 Å². The zero-order valence-corrected chi connectivity index (χ0v) is 20.8. The molecule has 3 aromatic rings. The molecule has 0 bridgehead atoms. The molecule has 174 valence electrons. The first kappa shape index (κ1) is 25.1. The molecule has 0 aliphatic heterocycles. The number of hydrogen-bond acceptors (Lipinski definition) is 4. The van der Waals surface area contributed by atoms with Crippen molar-refractivity contribution < 1.29 is 13.2 Å². The summed E-state index contributed by atoms with van der Waals surface area (Å²) in [6, 6.07) is 23.1. The van der Waals surface area contributed by atoms with E-state index in [1.54, 1.807) is 42.1 Å². The van der Waals surface area contributed by atoms with Gasteiger partial charge in [-0.1, -0.05) is 61.0 Å². The van der Waals surface area contributed by atoms with Crippen LogP contribution in [0.2, 0.25) is 5.02 Å². The molecule has 0 unspecified atom stereocenters. The van der Waals surface area contributed by atoms with Gasteiger partial charge >= 0.3 is 0 Å². The third-order valence-corrected chi connectivity index (χ3v) is 8.07. The maximum absolute atomic E-state index is 13.3. The van der Waals surface area contributed by atoms with Crippen LogP contribution in [0, 0.1) is 0 Å². The molecule has 0 radical (unpaired) electrons. The third-order valence-electron chi connectivity index (χ3n) is 5.00. The van der Waals surface area contributed by atoms with Crippen LogP contribution < -0.4 is 9.62 Å². The molecule has 5 nitrogen and oxygen atoms in total. The fourth-order valence-electron chi connectivity index (χ4n) is 3.15. The maximum Gasteiger partial charge on any atom is 0.264 e. The van der Waals surface area contributed by atoms with E-state index in [0.29, 0.717) is 23.0 Å². The predicted octanol–water partition coefficient (Wildman–Crippen LogP) is 5.15. The van der Waals surface area contributed by atoms with Crippen molar-refractivity contribution in [1.82, 2.24) is 5.32 Å². The highest BCUT2D eigenvalue weighted by Crippen LogP contribution is 2.24. The van der Waals surface area contributed by atoms with Crippen LogP contribution in [0.3, 0.4) is 0 Å². The fraction of sp³-hybridized carbons (Fsp3) is 0.240. The number of nitrogens with zero attached hydrogens (tertiary/aromatic N) is 1. The molecule has 0 fully saturated rings. The third kappa shape index (κ3) is 7.25. The Morgan fingerprint density at radius 3 is 2.21 bits per heavy atom. The lowest BCUT2D eigenvalue weighted by Crippen LogP contribution is -2.41. The molecular weight excluding hydrogens is 476 g/mol. The van der Waals surface area contributed by atoms with E-state index < -0.39 is 10.0 Å². The zero-order valence-electron chi connectivity index (χ0n) is 18.4. The molecule has 0 atom stereocenters. The van der Waals surface area contributed by atoms with Crippen LogP contribution in [0.25, 0.3) is 0 Å². The maximum atomic E-state index is 13.3. The van der Waals surface area contributed by atoms with Crippen molar-refractivity contribution in [2.75, 3.05) is 23.1 Å². The van der Waals surface area contributed by atoms with Crippen LogP contribution in [-0.4, -0.2) is 33.2 Å². The van der Waals surface area contributed by atoms with Crippen molar-refractivity contribution in [3.8, 4) is 0 Å². The van der Waals surface area contributed by atoms with Gasteiger partial charge in [0, 0.05) is 23.1 Å². The Bertz CT molecular complexity index is 1140. The van der Waals surface area contributed by atoms with E-state index in [1.807, 2.05) is 43.3 Å². The first-order chi connectivity index (χ1) is 15.9. The van der Waals surface area contributed by atoms with Gasteiger partial charge in [-0.3, -0.25) is 9.10 Å². The topological polar surface area (TPSA) is 66.5 Å². The Morgan fingerprint density at radius 1 is 0.939 bits per heavy atom. The first-order valence-corrected chi connectivity index (χ1v) is 13.6. The van der Waals surface area contributed by atoms with E-state index in [4.69, 9.17) is 11.6 Å². The number of hydrogen-bond donors (Lipinski definition) is 1. The average molecular weight is 503 g/mol. The van der Waals surface area contributed by atoms with E-state index in [1.165, 1.54) is 12.1 Å². The smallest absolute Gasteiger partial charge is 0.264 e. The van der Waals surface area contributed by atoms with Crippen molar-refractivity contribution >= 4 is 45.0 Å². The Morgan fingerprint density at radius 2 is 1.58 bits per heavy atom. The number of sulfonamides is 1. The number of thioether (sulfide) groups is 1. The number of nitrogens with one attached hydrogen (secondary N) is 1. The quantitative estimate of drug-likeness (QED) is 0.368. The van der Waals surface area contributed by atoms with Gasteiger partial charge in [-0.05, 0) is 53.9 Å². The van der Waals surface area contributed by atoms with Crippen LogP contribution in [0.1, 0.15) is 18.1 Å². The molecular formula is C25H27ClN2O3S2. The van der Waals surface area contributed by atoms with Gasteiger partial charge in [-0.15, -0.1) is 0 Å². The first-order valence-electron chi connectivity index (χ1n) is 10.7. The Balaban J connectivity index is 1.62. The van der Waals surface area contributed by atoms with E-state index in [0.717, 1.165) is 27.6 Å². The van der Waals surface area contributed by atoms with Gasteiger partial charge in [0.05, 0.1) is 10.6 Å². The van der Waals surface area contributed by atoms with Gasteiger partial charge in [-0.2, -0.15) is 11.8 Å². The van der Waals surface area contributed by atoms with E-state index in [2.05, 4.69) is 5.32 Å². The molecule has 33 heavy (non-hydrogen) atoms. The summed E-state index contributed by atoms with van der Waals surface area (Å²) in [5.74, 6) is 1.18. The highest BCUT2D eigenvalue weighted by atomic mass is 35.5. The van der Waals surface area contributed by atoms with E-state index in [-0.39, 0.29) is 17.3 Å². The molecule has 0 heterocycles. The van der Waals surface area contributed by atoms with Gasteiger partial charge in [0.2, 0.25) is 5.91 Å². The Hall–Kier alpha value is -2.48. The Labute approximate surface area is 205 Å².